The van der Waals surface area contributed by atoms with Gasteiger partial charge in [-0.2, -0.15) is 13.6 Å². The SMILES string of the molecule is C=C=C[C@]1(COP(=O)(O)OP(=O)(O)OP(=O)(O)O)O[C@@H](n2ccc(N)nc2=O)[C@@H](F)[C@@H]1O. The van der Waals surface area contributed by atoms with Crippen LogP contribution in [-0.4, -0.2) is 58.7 Å². The van der Waals surface area contributed by atoms with E-state index in [9.17, 15) is 32.9 Å². The minimum atomic E-state index is -5.82. The smallest absolute Gasteiger partial charge is 0.386 e. The zero-order chi connectivity index (χ0) is 24.5. The maximum atomic E-state index is 14.8. The van der Waals surface area contributed by atoms with Crippen molar-refractivity contribution >= 4 is 29.3 Å². The van der Waals surface area contributed by atoms with E-state index in [-0.39, 0.29) is 5.82 Å². The Balaban J connectivity index is 2.28. The monoisotopic (exact) mass is 523 g/mol. The van der Waals surface area contributed by atoms with Crippen LogP contribution in [0.15, 0.2) is 35.4 Å². The molecule has 1 saturated heterocycles. The van der Waals surface area contributed by atoms with Gasteiger partial charge >= 0.3 is 29.2 Å². The number of ether oxygens (including phenoxy) is 1. The molecule has 2 rings (SSSR count). The number of nitrogens with zero attached hydrogens (tertiary/aromatic N) is 2. The minimum absolute atomic E-state index is 0.190. The molecule has 0 aliphatic carbocycles. The zero-order valence-corrected chi connectivity index (χ0v) is 18.3. The Morgan fingerprint density at radius 3 is 2.47 bits per heavy atom. The Kier molecular flexibility index (Phi) is 7.82. The largest absolute Gasteiger partial charge is 0.490 e. The predicted octanol–water partition coefficient (Wildman–Crippen LogP) is -0.524. The van der Waals surface area contributed by atoms with Gasteiger partial charge in [-0.15, -0.1) is 5.73 Å². The number of hydrogen-bond acceptors (Lipinski definition) is 11. The number of anilines is 1. The molecule has 1 aliphatic rings. The van der Waals surface area contributed by atoms with Crippen molar-refractivity contribution < 1.29 is 60.6 Å². The summed E-state index contributed by atoms with van der Waals surface area (Å²) in [5, 5.41) is 10.3. The lowest BCUT2D eigenvalue weighted by Gasteiger charge is -2.28. The molecule has 0 amide bonds. The number of phosphoric ester groups is 1. The summed E-state index contributed by atoms with van der Waals surface area (Å²) >= 11 is 0. The van der Waals surface area contributed by atoms with Crippen molar-refractivity contribution in [3.05, 3.63) is 41.1 Å². The molecule has 0 saturated carbocycles. The van der Waals surface area contributed by atoms with Crippen molar-refractivity contribution in [1.82, 2.24) is 9.55 Å². The van der Waals surface area contributed by atoms with Crippen LogP contribution in [0.2, 0.25) is 0 Å². The molecule has 1 aliphatic heterocycles. The average molecular weight is 523 g/mol. The lowest BCUT2D eigenvalue weighted by molar-refractivity contribution is -0.0965. The number of alkyl halides is 1. The molecule has 0 bridgehead atoms. The minimum Gasteiger partial charge on any atom is -0.386 e. The second-order valence-corrected chi connectivity index (χ2v) is 10.5. The quantitative estimate of drug-likeness (QED) is 0.176. The molecule has 0 radical (unpaired) electrons. The van der Waals surface area contributed by atoms with Crippen LogP contribution in [0.4, 0.5) is 10.2 Å². The van der Waals surface area contributed by atoms with Crippen LogP contribution in [0.1, 0.15) is 6.23 Å². The van der Waals surface area contributed by atoms with Gasteiger partial charge in [0.15, 0.2) is 12.4 Å². The van der Waals surface area contributed by atoms with Crippen molar-refractivity contribution in [2.45, 2.75) is 24.1 Å². The maximum absolute atomic E-state index is 14.8. The standard InChI is InChI=1S/C12H17FN3O13P3/c1-2-4-12(6-26-31(22,23)29-32(24,25)28-30(19,20)21)9(17)8(13)10(27-12)16-5-3-7(14)15-11(16)18/h3-5,8-10,17H,1,6H2,(H,22,23)(H,24,25)(H2,14,15,18)(H2,19,20,21)/t8-,9-,10+,12+/m0/s1. The summed E-state index contributed by atoms with van der Waals surface area (Å²) in [6.07, 6.45) is -4.56. The number of halogens is 1. The molecule has 0 aromatic carbocycles. The van der Waals surface area contributed by atoms with Gasteiger partial charge in [-0.3, -0.25) is 9.09 Å². The summed E-state index contributed by atoms with van der Waals surface area (Å²) < 4.78 is 66.2. The van der Waals surface area contributed by atoms with Gasteiger partial charge in [-0.05, 0) is 12.1 Å². The van der Waals surface area contributed by atoms with Crippen molar-refractivity contribution in [3.63, 3.8) is 0 Å². The molecule has 20 heteroatoms. The van der Waals surface area contributed by atoms with Crippen molar-refractivity contribution in [2.75, 3.05) is 12.3 Å². The number of rotatable bonds is 9. The fourth-order valence-electron chi connectivity index (χ4n) is 2.55. The Morgan fingerprint density at radius 1 is 1.31 bits per heavy atom. The van der Waals surface area contributed by atoms with Crippen LogP contribution in [-0.2, 0) is 31.6 Å². The molecule has 6 atom stereocenters. The van der Waals surface area contributed by atoms with Gasteiger partial charge in [-0.1, -0.05) is 6.58 Å². The summed E-state index contributed by atoms with van der Waals surface area (Å²) in [4.78, 5) is 51.1. The number of nitrogens with two attached hydrogens (primary N) is 1. The highest BCUT2D eigenvalue weighted by molar-refractivity contribution is 7.66. The third kappa shape index (κ3) is 6.50. The molecular weight excluding hydrogens is 506 g/mol. The molecule has 1 aromatic heterocycles. The summed E-state index contributed by atoms with van der Waals surface area (Å²) in [6, 6.07) is 1.12. The summed E-state index contributed by atoms with van der Waals surface area (Å²) in [6.45, 7) is 1.94. The molecule has 7 N–H and O–H groups in total. The molecular formula is C12H17FN3O13P3. The highest BCUT2D eigenvalue weighted by Gasteiger charge is 2.56. The fraction of sp³-hybridized carbons (Fsp3) is 0.417. The van der Waals surface area contributed by atoms with Crippen molar-refractivity contribution in [3.8, 4) is 0 Å². The van der Waals surface area contributed by atoms with Gasteiger partial charge in [0.05, 0.1) is 6.61 Å². The first-order chi connectivity index (χ1) is 14.5. The second kappa shape index (κ2) is 9.37. The van der Waals surface area contributed by atoms with Gasteiger partial charge < -0.3 is 35.2 Å². The van der Waals surface area contributed by atoms with Crippen molar-refractivity contribution in [1.29, 1.82) is 0 Å². The van der Waals surface area contributed by atoms with E-state index in [0.717, 1.165) is 18.3 Å². The van der Waals surface area contributed by atoms with Gasteiger partial charge in [0, 0.05) is 6.20 Å². The van der Waals surface area contributed by atoms with E-state index in [1.54, 1.807) is 0 Å². The van der Waals surface area contributed by atoms with E-state index in [2.05, 4.69) is 30.4 Å². The molecule has 2 heterocycles. The van der Waals surface area contributed by atoms with E-state index in [1.807, 2.05) is 0 Å². The Hall–Kier alpha value is -1.54. The topological polar surface area (TPSA) is 250 Å². The first-order valence-corrected chi connectivity index (χ1v) is 12.5. The third-order valence-electron chi connectivity index (χ3n) is 3.76. The maximum Gasteiger partial charge on any atom is 0.490 e. The van der Waals surface area contributed by atoms with Crippen LogP contribution in [0.5, 0.6) is 0 Å². The summed E-state index contributed by atoms with van der Waals surface area (Å²) in [5.41, 5.74) is 4.09. The van der Waals surface area contributed by atoms with E-state index in [1.165, 1.54) is 0 Å². The normalized spacial score (nSPS) is 29.6. The highest BCUT2D eigenvalue weighted by atomic mass is 31.3. The molecule has 2 unspecified atom stereocenters. The third-order valence-corrected chi connectivity index (χ3v) is 7.54. The van der Waals surface area contributed by atoms with Crippen LogP contribution in [0.25, 0.3) is 0 Å². The number of hydrogen-bond donors (Lipinski definition) is 6. The van der Waals surface area contributed by atoms with Crippen molar-refractivity contribution in [2.24, 2.45) is 0 Å². The van der Waals surface area contributed by atoms with E-state index in [0.29, 0.717) is 4.57 Å². The molecule has 16 nitrogen and oxygen atoms in total. The van der Waals surface area contributed by atoms with Gasteiger partial charge in [-0.25, -0.2) is 22.9 Å². The summed E-state index contributed by atoms with van der Waals surface area (Å²) in [5.74, 6) is -0.190. The van der Waals surface area contributed by atoms with E-state index < -0.39 is 59.9 Å². The number of nitrogen functional groups attached to an aromatic ring is 1. The van der Waals surface area contributed by atoms with Crippen LogP contribution in [0.3, 0.4) is 0 Å². The van der Waals surface area contributed by atoms with Crippen LogP contribution < -0.4 is 11.4 Å². The zero-order valence-electron chi connectivity index (χ0n) is 15.6. The van der Waals surface area contributed by atoms with E-state index in [4.69, 9.17) is 25.2 Å². The Bertz CT molecular complexity index is 1120. The first kappa shape index (κ1) is 26.7. The number of aromatic nitrogens is 2. The summed E-state index contributed by atoms with van der Waals surface area (Å²) in [7, 11) is -17.1. The predicted molar refractivity (Wildman–Crippen MR) is 100 cm³/mol. The van der Waals surface area contributed by atoms with Gasteiger partial charge in [0.25, 0.3) is 0 Å². The Morgan fingerprint density at radius 2 is 1.94 bits per heavy atom. The molecule has 1 fully saturated rings. The highest BCUT2D eigenvalue weighted by Crippen LogP contribution is 2.66. The van der Waals surface area contributed by atoms with Crippen LogP contribution in [0, 0.1) is 0 Å². The number of phosphoric acid groups is 3. The van der Waals surface area contributed by atoms with Gasteiger partial charge in [0.1, 0.15) is 17.5 Å². The Labute approximate surface area is 177 Å². The van der Waals surface area contributed by atoms with Crippen LogP contribution >= 0.6 is 23.5 Å². The lowest BCUT2D eigenvalue weighted by atomic mass is 9.96. The molecule has 0 spiro atoms. The fourth-order valence-corrected chi connectivity index (χ4v) is 5.61. The number of aliphatic hydroxyl groups excluding tert-OH is 1. The van der Waals surface area contributed by atoms with Gasteiger partial charge in [0.2, 0.25) is 0 Å². The average Bonchev–Trinajstić information content (AvgIpc) is 2.83. The second-order valence-electron chi connectivity index (χ2n) is 6.11. The molecule has 32 heavy (non-hydrogen) atoms. The lowest BCUT2D eigenvalue weighted by Crippen LogP contribution is -2.44. The number of aliphatic hydroxyl groups is 1. The molecule has 1 aromatic rings. The molecule has 180 valence electrons. The first-order valence-electron chi connectivity index (χ1n) is 8.01. The van der Waals surface area contributed by atoms with E-state index >= 15 is 0 Å².